The fraction of sp³-hybridized carbons (Fsp3) is 0.179. The van der Waals surface area contributed by atoms with Gasteiger partial charge in [0.25, 0.3) is 5.56 Å². The third-order valence-corrected chi connectivity index (χ3v) is 6.63. The second-order valence-electron chi connectivity index (χ2n) is 8.93. The predicted molar refractivity (Wildman–Crippen MR) is 136 cm³/mol. The number of nitrogens with one attached hydrogen (secondary N) is 4. The van der Waals surface area contributed by atoms with Crippen LogP contribution in [0.3, 0.4) is 0 Å². The van der Waals surface area contributed by atoms with E-state index in [0.29, 0.717) is 11.8 Å². The van der Waals surface area contributed by atoms with E-state index in [9.17, 15) is 19.8 Å². The van der Waals surface area contributed by atoms with Gasteiger partial charge in [-0.1, -0.05) is 36.4 Å². The van der Waals surface area contributed by atoms with Crippen LogP contribution in [-0.4, -0.2) is 33.5 Å². The van der Waals surface area contributed by atoms with Gasteiger partial charge < -0.3 is 25.7 Å². The Balaban J connectivity index is 1.67. The summed E-state index contributed by atoms with van der Waals surface area (Å²) in [5, 5.41) is 50.3. The van der Waals surface area contributed by atoms with Crippen molar-refractivity contribution in [1.82, 2.24) is 9.88 Å². The van der Waals surface area contributed by atoms with Gasteiger partial charge >= 0.3 is 0 Å². The molecular formula is C28H25N5O5. The third kappa shape index (κ3) is 4.05. The summed E-state index contributed by atoms with van der Waals surface area (Å²) in [6, 6.07) is 13.0. The first kappa shape index (κ1) is 25.0. The molecule has 2 heterocycles. The van der Waals surface area contributed by atoms with Gasteiger partial charge in [0.15, 0.2) is 12.1 Å². The number of hydrogen-bond acceptors (Lipinski definition) is 9. The molecule has 0 amide bonds. The molecule has 2 aliphatic heterocycles. The fourth-order valence-electron chi connectivity index (χ4n) is 4.77. The summed E-state index contributed by atoms with van der Waals surface area (Å²) < 4.78 is 6.00. The summed E-state index contributed by atoms with van der Waals surface area (Å²) >= 11 is 0. The van der Waals surface area contributed by atoms with Crippen LogP contribution < -0.4 is 37.5 Å². The van der Waals surface area contributed by atoms with Crippen LogP contribution in [-0.2, 0) is 17.8 Å². The Morgan fingerprint density at radius 3 is 2.55 bits per heavy atom. The number of aromatic nitrogens is 1. The molecule has 5 rings (SSSR count). The van der Waals surface area contributed by atoms with E-state index in [1.165, 1.54) is 12.1 Å². The van der Waals surface area contributed by atoms with Crippen molar-refractivity contribution in [2.75, 3.05) is 6.61 Å². The number of ketones is 1. The number of carbonyl (C=O) groups is 1. The van der Waals surface area contributed by atoms with Crippen molar-refractivity contribution in [2.45, 2.75) is 26.3 Å². The molecule has 0 aromatic heterocycles. The number of aliphatic hydroxyl groups is 2. The standard InChI is InChI=1S/C28H25N5O5/c1-2-38-21(34)13-33-27(31)22-20(29)10-19(24(30)23(22)28(33)37)26(36)18-6-4-3-5-17(18)25(35)14-7-8-15-11-32-12-16(15)9-14/h3-11,21,29-32,34-35H,2,12-13H2,1H3. The van der Waals surface area contributed by atoms with Crippen LogP contribution in [0.2, 0.25) is 0 Å². The summed E-state index contributed by atoms with van der Waals surface area (Å²) in [6.45, 7) is 2.15. The SMILES string of the molecule is CCOC(O)Cn1c(=N)c2c(=N)cc(C(=O)c3ccccc3C(O)=c3ccc4c(c3)CNC=4)c(=N)c=2c1=O. The van der Waals surface area contributed by atoms with Gasteiger partial charge in [-0.15, -0.1) is 0 Å². The minimum atomic E-state index is -1.35. The molecule has 0 radical (unpaired) electrons. The molecule has 192 valence electrons. The zero-order chi connectivity index (χ0) is 27.1. The minimum absolute atomic E-state index is 0.0773. The number of fused-ring (bicyclic) bond motifs is 1. The smallest absolute Gasteiger partial charge is 0.262 e. The molecule has 1 unspecified atom stereocenters. The second kappa shape index (κ2) is 9.66. The van der Waals surface area contributed by atoms with Gasteiger partial charge in [-0.2, -0.15) is 0 Å². The first-order valence-electron chi connectivity index (χ1n) is 12.0. The maximum Gasteiger partial charge on any atom is 0.262 e. The maximum atomic E-state index is 13.7. The van der Waals surface area contributed by atoms with Gasteiger partial charge in [-0.3, -0.25) is 25.0 Å². The molecule has 2 aromatic rings. The summed E-state index contributed by atoms with van der Waals surface area (Å²) in [6.07, 6.45) is 0.538. The molecular weight excluding hydrogens is 486 g/mol. The van der Waals surface area contributed by atoms with Gasteiger partial charge in [0.05, 0.1) is 33.3 Å². The van der Waals surface area contributed by atoms with Gasteiger partial charge in [0, 0.05) is 35.7 Å². The van der Waals surface area contributed by atoms with Crippen LogP contribution >= 0.6 is 0 Å². The van der Waals surface area contributed by atoms with E-state index in [1.54, 1.807) is 31.2 Å². The molecule has 6 N–H and O–H groups in total. The number of hydrogen-bond donors (Lipinski definition) is 6. The Bertz CT molecular complexity index is 2000. The van der Waals surface area contributed by atoms with E-state index in [4.69, 9.17) is 21.0 Å². The van der Waals surface area contributed by atoms with Crippen LogP contribution in [0.5, 0.6) is 0 Å². The van der Waals surface area contributed by atoms with Gasteiger partial charge in [-0.05, 0) is 29.8 Å². The molecule has 10 heteroatoms. The normalized spacial score (nSPS) is 14.1. The highest BCUT2D eigenvalue weighted by atomic mass is 16.6. The molecule has 3 aliphatic rings. The molecule has 1 aliphatic carbocycles. The number of aliphatic hydroxyl groups excluding tert-OH is 2. The first-order valence-corrected chi connectivity index (χ1v) is 12.0. The van der Waals surface area contributed by atoms with Gasteiger partial charge in [-0.25, -0.2) is 0 Å². The molecule has 0 spiro atoms. The third-order valence-electron chi connectivity index (χ3n) is 6.63. The Morgan fingerprint density at radius 2 is 1.82 bits per heavy atom. The van der Waals surface area contributed by atoms with E-state index in [-0.39, 0.29) is 56.9 Å². The quantitative estimate of drug-likeness (QED) is 0.138. The van der Waals surface area contributed by atoms with Crippen LogP contribution in [0.15, 0.2) is 53.3 Å². The largest absolute Gasteiger partial charge is 0.507 e. The van der Waals surface area contributed by atoms with E-state index in [0.717, 1.165) is 15.3 Å². The van der Waals surface area contributed by atoms with E-state index in [1.807, 2.05) is 18.3 Å². The Morgan fingerprint density at radius 1 is 1.08 bits per heavy atom. The number of nitrogens with zero attached hydrogens (tertiary/aromatic N) is 1. The number of ether oxygens (including phenoxy) is 1. The number of benzene rings is 2. The predicted octanol–water partition coefficient (Wildman–Crippen LogP) is -0.971. The van der Waals surface area contributed by atoms with Crippen LogP contribution in [0, 0.1) is 26.7 Å². The minimum Gasteiger partial charge on any atom is -0.507 e. The molecule has 2 aromatic carbocycles. The van der Waals surface area contributed by atoms with E-state index in [2.05, 4.69) is 5.32 Å². The molecule has 0 saturated heterocycles. The monoisotopic (exact) mass is 511 g/mol. The summed E-state index contributed by atoms with van der Waals surface area (Å²) in [4.78, 5) is 26.9. The van der Waals surface area contributed by atoms with Crippen molar-refractivity contribution in [2.24, 2.45) is 0 Å². The summed E-state index contributed by atoms with van der Waals surface area (Å²) in [5.41, 5.74) is 0.0597. The van der Waals surface area contributed by atoms with Crippen molar-refractivity contribution in [3.63, 3.8) is 0 Å². The topological polar surface area (TPSA) is 172 Å². The lowest BCUT2D eigenvalue weighted by atomic mass is 9.95. The molecule has 0 saturated carbocycles. The zero-order valence-corrected chi connectivity index (χ0v) is 20.5. The van der Waals surface area contributed by atoms with Crippen molar-refractivity contribution in [1.29, 1.82) is 16.2 Å². The lowest BCUT2D eigenvalue weighted by Gasteiger charge is -2.10. The van der Waals surface area contributed by atoms with Crippen molar-refractivity contribution >= 4 is 17.7 Å². The van der Waals surface area contributed by atoms with Crippen molar-refractivity contribution < 1.29 is 19.7 Å². The highest BCUT2D eigenvalue weighted by Gasteiger charge is 2.22. The molecule has 10 nitrogen and oxygen atoms in total. The number of carbonyl (C=O) groups excluding carboxylic acids is 1. The van der Waals surface area contributed by atoms with Crippen molar-refractivity contribution in [3.05, 3.63) is 118 Å². The molecule has 0 bridgehead atoms. The molecule has 1 atom stereocenters. The van der Waals surface area contributed by atoms with Crippen LogP contribution in [0.25, 0.3) is 12.0 Å². The molecule has 38 heavy (non-hydrogen) atoms. The Hall–Kier alpha value is -4.67. The summed E-state index contributed by atoms with van der Waals surface area (Å²) in [5.74, 6) is -0.756. The van der Waals surface area contributed by atoms with Crippen molar-refractivity contribution in [3.8, 4) is 0 Å². The van der Waals surface area contributed by atoms with E-state index < -0.39 is 23.0 Å². The van der Waals surface area contributed by atoms with Crippen LogP contribution in [0.4, 0.5) is 0 Å². The average molecular weight is 512 g/mol. The second-order valence-corrected chi connectivity index (χ2v) is 8.93. The highest BCUT2D eigenvalue weighted by molar-refractivity contribution is 6.11. The van der Waals surface area contributed by atoms with Crippen LogP contribution in [0.1, 0.15) is 34.0 Å². The first-order chi connectivity index (χ1) is 18.2. The summed E-state index contributed by atoms with van der Waals surface area (Å²) in [7, 11) is 0. The highest BCUT2D eigenvalue weighted by Crippen LogP contribution is 2.18. The average Bonchev–Trinajstić information content (AvgIpc) is 3.48. The lowest BCUT2D eigenvalue weighted by Crippen LogP contribution is -2.34. The van der Waals surface area contributed by atoms with Gasteiger partial charge in [0.2, 0.25) is 0 Å². The maximum absolute atomic E-state index is 13.7. The number of rotatable bonds is 7. The van der Waals surface area contributed by atoms with Gasteiger partial charge in [0.1, 0.15) is 11.2 Å². The lowest BCUT2D eigenvalue weighted by molar-refractivity contribution is -0.104. The Kier molecular flexibility index (Phi) is 6.35. The zero-order valence-electron chi connectivity index (χ0n) is 20.5. The van der Waals surface area contributed by atoms with E-state index >= 15 is 0 Å². The fourth-order valence-corrected chi connectivity index (χ4v) is 4.77. The molecule has 0 fully saturated rings. The Labute approximate surface area is 214 Å².